The van der Waals surface area contributed by atoms with E-state index in [0.29, 0.717) is 41.5 Å². The van der Waals surface area contributed by atoms with Crippen LogP contribution in [0.1, 0.15) is 45.4 Å². The van der Waals surface area contributed by atoms with Crippen molar-refractivity contribution in [1.29, 1.82) is 0 Å². The van der Waals surface area contributed by atoms with Crippen LogP contribution in [0.4, 0.5) is 4.39 Å². The monoisotopic (exact) mass is 541 g/mol. The minimum atomic E-state index is -3.63. The number of aromatic nitrogens is 1. The van der Waals surface area contributed by atoms with E-state index in [9.17, 15) is 17.6 Å². The first-order valence-electron chi connectivity index (χ1n) is 10.6. The standard InChI is InChI=1S/C23H22Cl2FN3O3S2/c1-14-2-5-18(11-19(14)25)34(31,32)29-8-6-15(7-9-29)23-28-21(13-33-23)22(30)27-12-16-3-4-17(24)10-20(16)26/h2-5,10-11,13,15H,6-9,12H2,1H3,(H,27,30). The highest BCUT2D eigenvalue weighted by molar-refractivity contribution is 7.89. The third-order valence-corrected chi connectivity index (χ3v) is 9.34. The fourth-order valence-corrected chi connectivity index (χ4v) is 6.61. The molecule has 0 saturated carbocycles. The summed E-state index contributed by atoms with van der Waals surface area (Å²) in [5.41, 5.74) is 1.41. The van der Waals surface area contributed by atoms with E-state index in [1.165, 1.54) is 33.8 Å². The Morgan fingerprint density at radius 3 is 2.62 bits per heavy atom. The number of carbonyl (C=O) groups is 1. The second-order valence-corrected chi connectivity index (χ2v) is 11.7. The fraction of sp³-hybridized carbons (Fsp3) is 0.304. The average molecular weight is 542 g/mol. The lowest BCUT2D eigenvalue weighted by Crippen LogP contribution is -2.37. The number of rotatable bonds is 6. The molecule has 0 spiro atoms. The number of nitrogens with zero attached hydrogens (tertiary/aromatic N) is 2. The maximum absolute atomic E-state index is 13.9. The molecule has 180 valence electrons. The summed E-state index contributed by atoms with van der Waals surface area (Å²) in [4.78, 5) is 17.1. The molecule has 0 unspecified atom stereocenters. The van der Waals surface area contributed by atoms with Gasteiger partial charge in [-0.1, -0.05) is 35.3 Å². The minimum absolute atomic E-state index is 0.0218. The van der Waals surface area contributed by atoms with E-state index in [-0.39, 0.29) is 23.1 Å². The Bertz CT molecular complexity index is 1320. The van der Waals surface area contributed by atoms with Gasteiger partial charge in [0.25, 0.3) is 5.91 Å². The lowest BCUT2D eigenvalue weighted by Gasteiger charge is -2.30. The van der Waals surface area contributed by atoms with Crippen LogP contribution in [0.5, 0.6) is 0 Å². The Morgan fingerprint density at radius 2 is 1.94 bits per heavy atom. The van der Waals surface area contributed by atoms with Gasteiger partial charge in [-0.15, -0.1) is 11.3 Å². The van der Waals surface area contributed by atoms with Crippen LogP contribution >= 0.6 is 34.5 Å². The zero-order chi connectivity index (χ0) is 24.5. The van der Waals surface area contributed by atoms with Crippen molar-refractivity contribution in [2.24, 2.45) is 0 Å². The lowest BCUT2D eigenvalue weighted by atomic mass is 9.99. The van der Waals surface area contributed by atoms with Gasteiger partial charge < -0.3 is 5.32 Å². The molecule has 1 aliphatic rings. The predicted molar refractivity (Wildman–Crippen MR) is 132 cm³/mol. The molecule has 0 bridgehead atoms. The lowest BCUT2D eigenvalue weighted by molar-refractivity contribution is 0.0946. The van der Waals surface area contributed by atoms with Gasteiger partial charge in [0, 0.05) is 46.5 Å². The van der Waals surface area contributed by atoms with Crippen molar-refractivity contribution in [2.45, 2.75) is 37.1 Å². The van der Waals surface area contributed by atoms with Gasteiger partial charge >= 0.3 is 0 Å². The van der Waals surface area contributed by atoms with Gasteiger partial charge in [-0.2, -0.15) is 4.31 Å². The smallest absolute Gasteiger partial charge is 0.271 e. The summed E-state index contributed by atoms with van der Waals surface area (Å²) in [6.07, 6.45) is 1.20. The number of hydrogen-bond donors (Lipinski definition) is 1. The zero-order valence-electron chi connectivity index (χ0n) is 18.2. The van der Waals surface area contributed by atoms with E-state index in [2.05, 4.69) is 10.3 Å². The summed E-state index contributed by atoms with van der Waals surface area (Å²) in [5, 5.41) is 5.84. The van der Waals surface area contributed by atoms with E-state index >= 15 is 0 Å². The molecule has 1 fully saturated rings. The molecule has 4 rings (SSSR count). The molecule has 1 aliphatic heterocycles. The molecule has 11 heteroatoms. The molecule has 1 amide bonds. The van der Waals surface area contributed by atoms with Crippen molar-refractivity contribution >= 4 is 50.5 Å². The van der Waals surface area contributed by atoms with Crippen molar-refractivity contribution in [3.63, 3.8) is 0 Å². The van der Waals surface area contributed by atoms with E-state index < -0.39 is 21.7 Å². The largest absolute Gasteiger partial charge is 0.346 e. The third kappa shape index (κ3) is 5.44. The second-order valence-electron chi connectivity index (χ2n) is 8.08. The average Bonchev–Trinajstić information content (AvgIpc) is 3.30. The van der Waals surface area contributed by atoms with Crippen LogP contribution in [0.25, 0.3) is 0 Å². The van der Waals surface area contributed by atoms with E-state index in [1.54, 1.807) is 23.6 Å². The van der Waals surface area contributed by atoms with Crippen LogP contribution in [0.15, 0.2) is 46.7 Å². The normalized spacial score (nSPS) is 15.4. The number of nitrogens with one attached hydrogen (secondary N) is 1. The summed E-state index contributed by atoms with van der Waals surface area (Å²) in [5.74, 6) is -0.817. The number of halogens is 3. The summed E-state index contributed by atoms with van der Waals surface area (Å²) in [7, 11) is -3.63. The molecule has 0 aliphatic carbocycles. The Kier molecular flexibility index (Phi) is 7.59. The highest BCUT2D eigenvalue weighted by Crippen LogP contribution is 2.33. The summed E-state index contributed by atoms with van der Waals surface area (Å²) >= 11 is 13.2. The zero-order valence-corrected chi connectivity index (χ0v) is 21.4. The van der Waals surface area contributed by atoms with Gasteiger partial charge in [0.15, 0.2) is 0 Å². The van der Waals surface area contributed by atoms with Crippen LogP contribution in [-0.2, 0) is 16.6 Å². The molecular weight excluding hydrogens is 520 g/mol. The first-order chi connectivity index (χ1) is 16.1. The number of benzene rings is 2. The maximum atomic E-state index is 13.9. The number of carbonyl (C=O) groups excluding carboxylic acids is 1. The number of thiazole rings is 1. The van der Waals surface area contributed by atoms with Gasteiger partial charge in [-0.05, 0) is 49.6 Å². The molecule has 0 atom stereocenters. The summed E-state index contributed by atoms with van der Waals surface area (Å²) in [6, 6.07) is 9.05. The minimum Gasteiger partial charge on any atom is -0.346 e. The van der Waals surface area contributed by atoms with E-state index in [0.717, 1.165) is 10.6 Å². The van der Waals surface area contributed by atoms with Gasteiger partial charge in [-0.3, -0.25) is 4.79 Å². The number of amides is 1. The van der Waals surface area contributed by atoms with Gasteiger partial charge in [0.2, 0.25) is 10.0 Å². The Labute approximate surface area is 211 Å². The van der Waals surface area contributed by atoms with Crippen LogP contribution in [0.3, 0.4) is 0 Å². The Balaban J connectivity index is 1.35. The molecule has 2 heterocycles. The summed E-state index contributed by atoms with van der Waals surface area (Å²) in [6.45, 7) is 2.56. The quantitative estimate of drug-likeness (QED) is 0.453. The van der Waals surface area contributed by atoms with Crippen molar-refractivity contribution in [2.75, 3.05) is 13.1 Å². The highest BCUT2D eigenvalue weighted by Gasteiger charge is 2.31. The van der Waals surface area contributed by atoms with Crippen molar-refractivity contribution in [1.82, 2.24) is 14.6 Å². The molecule has 6 nitrogen and oxygen atoms in total. The van der Waals surface area contributed by atoms with Gasteiger partial charge in [0.1, 0.15) is 11.5 Å². The number of piperidine rings is 1. The highest BCUT2D eigenvalue weighted by atomic mass is 35.5. The third-order valence-electron chi connectivity index (χ3n) is 5.79. The first-order valence-corrected chi connectivity index (χ1v) is 13.7. The molecule has 2 aromatic carbocycles. The van der Waals surface area contributed by atoms with Crippen LogP contribution in [-0.4, -0.2) is 36.7 Å². The van der Waals surface area contributed by atoms with Crippen molar-refractivity contribution in [3.05, 3.63) is 79.5 Å². The van der Waals surface area contributed by atoms with Gasteiger partial charge in [0.05, 0.1) is 9.90 Å². The molecule has 1 N–H and O–H groups in total. The van der Waals surface area contributed by atoms with Gasteiger partial charge in [-0.25, -0.2) is 17.8 Å². The van der Waals surface area contributed by atoms with E-state index in [1.807, 2.05) is 6.92 Å². The molecule has 1 saturated heterocycles. The van der Waals surface area contributed by atoms with Crippen molar-refractivity contribution in [3.8, 4) is 0 Å². The Morgan fingerprint density at radius 1 is 1.21 bits per heavy atom. The van der Waals surface area contributed by atoms with E-state index in [4.69, 9.17) is 23.2 Å². The SMILES string of the molecule is Cc1ccc(S(=O)(=O)N2CCC(c3nc(C(=O)NCc4ccc(Cl)cc4F)cs3)CC2)cc1Cl. The molecule has 34 heavy (non-hydrogen) atoms. The molecule has 0 radical (unpaired) electrons. The van der Waals surface area contributed by atoms with Crippen molar-refractivity contribution < 1.29 is 17.6 Å². The second kappa shape index (κ2) is 10.3. The fourth-order valence-electron chi connectivity index (χ4n) is 3.74. The topological polar surface area (TPSA) is 79.4 Å². The number of aryl methyl sites for hydroxylation is 1. The maximum Gasteiger partial charge on any atom is 0.271 e. The molecule has 1 aromatic heterocycles. The van der Waals surface area contributed by atoms with Crippen LogP contribution < -0.4 is 5.32 Å². The number of hydrogen-bond acceptors (Lipinski definition) is 5. The van der Waals surface area contributed by atoms with Crippen LogP contribution in [0, 0.1) is 12.7 Å². The van der Waals surface area contributed by atoms with Crippen LogP contribution in [0.2, 0.25) is 10.0 Å². The summed E-state index contributed by atoms with van der Waals surface area (Å²) < 4.78 is 41.3. The molecule has 3 aromatic rings. The Hall–Kier alpha value is -2.04. The first kappa shape index (κ1) is 25.1. The molecular formula is C23H22Cl2FN3O3S2. The number of sulfonamides is 1. The predicted octanol–water partition coefficient (Wildman–Crippen LogP) is 5.40.